The second-order valence-electron chi connectivity index (χ2n) is 44.9. The molecule has 0 aliphatic heterocycles. The average molecular weight is 1970 g/mol. The molecule has 0 aliphatic rings. The zero-order valence-electron chi connectivity index (χ0n) is 93.2. The monoisotopic (exact) mass is 1970 g/mol. The van der Waals surface area contributed by atoms with E-state index in [0.29, 0.717) is 23.3 Å². The molecule has 0 radical (unpaired) electrons. The second-order valence-corrected chi connectivity index (χ2v) is 44.9. The molecule has 0 unspecified atom stereocenters. The molecular weight excluding hydrogens is 1810 g/mol. The number of hydrogen-bond donors (Lipinski definition) is 0. The number of fused-ring (bicyclic) bond motifs is 3. The second kappa shape index (κ2) is 50.7. The van der Waals surface area contributed by atoms with Crippen LogP contribution in [-0.2, 0) is 35.5 Å². The van der Waals surface area contributed by atoms with Gasteiger partial charge in [0, 0.05) is 66.5 Å². The minimum absolute atomic E-state index is 0.0905. The third-order valence-electron chi connectivity index (χ3n) is 28.8. The van der Waals surface area contributed by atoms with E-state index in [1.54, 1.807) is 0 Å². The molecule has 0 saturated carbocycles. The fourth-order valence-electron chi connectivity index (χ4n) is 19.5. The summed E-state index contributed by atoms with van der Waals surface area (Å²) in [4.78, 5) is 44.3. The summed E-state index contributed by atoms with van der Waals surface area (Å²) in [6.45, 7) is 48.4. The van der Waals surface area contributed by atoms with Crippen molar-refractivity contribution in [2.75, 3.05) is 0 Å². The van der Waals surface area contributed by atoms with Gasteiger partial charge in [0.2, 0.25) is 0 Å². The van der Waals surface area contributed by atoms with Gasteiger partial charge in [0.25, 0.3) is 0 Å². The third-order valence-corrected chi connectivity index (χ3v) is 28.8. The Balaban J connectivity index is 0.000000149. The van der Waals surface area contributed by atoms with E-state index in [1.165, 1.54) is 254 Å². The standard InChI is InChI=1S/C40H41N.2C35H43N3.C29H31N3/c1-26-9-19-37-35(21-26)36-22-27(2)10-20-38(36)41(37)34-24-30(28-11-15-32(16-12-28)39(3,4)5)23-31(25-34)29-13-17-33(18-14-29)40(6,7)8;1-5-7-9-11-13-28-23-29(14-12-10-8-6-2)25-32(24-28)35-37-33(30-19-15-26(3)16-20-30)36-34(38-35)31-21-17-27(4)18-22-31;1-4-5-6-7-8-9-10-11-12-13-14-29-19-25-32(26-20-29)35-37-33(30-21-15-27(2)16-22-30)36-34(38-35)31-23-17-28(3)18-24-31;1-18-8-12-22(13-9-18)26-30-27(23-14-10-19(2)11-15-23)32-28(31-26)25-20(3)16-24(17-21(25)4)29(5,6)7/h9-25H,1-8H3;15-25H,5-14H2,1-4H3;15-26H,4-14H2,1-3H3;8-17H,1-7H3. The summed E-state index contributed by atoms with van der Waals surface area (Å²) in [5, 5.41) is 2.61. The lowest BCUT2D eigenvalue weighted by molar-refractivity contribution is 0.556. The molecule has 0 amide bonds. The van der Waals surface area contributed by atoms with Crippen LogP contribution in [0.25, 0.3) is 152 Å². The van der Waals surface area contributed by atoms with Gasteiger partial charge in [0.05, 0.1) is 11.0 Å². The molecule has 0 atom stereocenters. The van der Waals surface area contributed by atoms with Gasteiger partial charge in [-0.05, 0) is 245 Å². The van der Waals surface area contributed by atoms with Gasteiger partial charge in [-0.1, -0.05) is 473 Å². The van der Waals surface area contributed by atoms with Crippen molar-refractivity contribution < 1.29 is 0 Å². The normalized spacial score (nSPS) is 11.6. The summed E-state index contributed by atoms with van der Waals surface area (Å²) in [6.07, 6.45) is 27.2. The lowest BCUT2D eigenvalue weighted by Gasteiger charge is -2.22. The zero-order valence-corrected chi connectivity index (χ0v) is 93.2. The van der Waals surface area contributed by atoms with Crippen LogP contribution in [0.4, 0.5) is 0 Å². The summed E-state index contributed by atoms with van der Waals surface area (Å²) < 4.78 is 2.45. The highest BCUT2D eigenvalue weighted by Crippen LogP contribution is 2.42. The number of unbranched alkanes of at least 4 members (excludes halogenated alkanes) is 15. The SMILES string of the molecule is CCCCCCCCCCCCc1ccc(-c2nc(-c3ccc(C)cc3)nc(-c3ccc(C)cc3)n2)cc1.CCCCCCc1cc(CCCCCC)cc(-c2nc(-c3ccc(C)cc3)nc(-c3ccc(C)cc3)n2)c1.Cc1ccc(-c2nc(-c3ccc(C)cc3)nc(-c3c(C)cc(C(C)(C)C)cc3C)n2)cc1.Cc1ccc2c(c1)c1cc(C)ccc1n2-c1cc(-c2ccc(C(C)(C)C)cc2)cc(-c2ccc(C(C)(C)C)cc2)c1. The molecule has 10 nitrogen and oxygen atoms in total. The number of nitrogens with zero attached hydrogens (tertiary/aromatic N) is 10. The van der Waals surface area contributed by atoms with Gasteiger partial charge in [-0.15, -0.1) is 0 Å². The maximum Gasteiger partial charge on any atom is 0.164 e. The molecule has 149 heavy (non-hydrogen) atoms. The molecular formula is C139H158N10. The molecule has 4 heterocycles. The van der Waals surface area contributed by atoms with Crippen molar-refractivity contribution in [1.82, 2.24) is 49.4 Å². The van der Waals surface area contributed by atoms with E-state index in [4.69, 9.17) is 44.9 Å². The zero-order chi connectivity index (χ0) is 105. The van der Waals surface area contributed by atoms with Crippen LogP contribution in [0.3, 0.4) is 0 Å². The fraction of sp³-hybridized carbons (Fsp3) is 0.331. The van der Waals surface area contributed by atoms with Crippen LogP contribution in [0.15, 0.2) is 303 Å². The van der Waals surface area contributed by atoms with E-state index >= 15 is 0 Å². The Morgan fingerprint density at radius 1 is 0.188 bits per heavy atom. The third kappa shape index (κ3) is 29.7. The van der Waals surface area contributed by atoms with Gasteiger partial charge < -0.3 is 4.57 Å². The van der Waals surface area contributed by atoms with E-state index < -0.39 is 0 Å². The predicted octanol–water partition coefficient (Wildman–Crippen LogP) is 38.4. The summed E-state index contributed by atoms with van der Waals surface area (Å²) in [6, 6.07) is 110. The lowest BCUT2D eigenvalue weighted by Crippen LogP contribution is -2.12. The van der Waals surface area contributed by atoms with Crippen molar-refractivity contribution in [2.45, 2.75) is 303 Å². The van der Waals surface area contributed by atoms with E-state index in [9.17, 15) is 0 Å². The number of hydrogen-bond acceptors (Lipinski definition) is 9. The molecule has 764 valence electrons. The van der Waals surface area contributed by atoms with Gasteiger partial charge in [-0.2, -0.15) is 0 Å². The molecule has 0 saturated heterocycles. The molecule has 10 heteroatoms. The molecule has 0 spiro atoms. The smallest absolute Gasteiger partial charge is 0.164 e. The van der Waals surface area contributed by atoms with E-state index in [-0.39, 0.29) is 16.2 Å². The van der Waals surface area contributed by atoms with Gasteiger partial charge in [-0.25, -0.2) is 44.9 Å². The van der Waals surface area contributed by atoms with Gasteiger partial charge in [0.1, 0.15) is 0 Å². The summed E-state index contributed by atoms with van der Waals surface area (Å²) in [5.41, 5.74) is 38.7. The summed E-state index contributed by atoms with van der Waals surface area (Å²) in [5.74, 6) is 6.47. The molecule has 0 fully saturated rings. The highest BCUT2D eigenvalue weighted by Gasteiger charge is 2.25. The number of aromatic nitrogens is 10. The molecule has 4 aromatic heterocycles. The van der Waals surface area contributed by atoms with Gasteiger partial charge in [-0.3, -0.25) is 0 Å². The van der Waals surface area contributed by atoms with Gasteiger partial charge >= 0.3 is 0 Å². The maximum absolute atomic E-state index is 5.03. The van der Waals surface area contributed by atoms with E-state index in [0.717, 1.165) is 98.5 Å². The van der Waals surface area contributed by atoms with Crippen LogP contribution >= 0.6 is 0 Å². The van der Waals surface area contributed by atoms with Crippen molar-refractivity contribution in [1.29, 1.82) is 0 Å². The first-order chi connectivity index (χ1) is 71.7. The Hall–Kier alpha value is -14.1. The van der Waals surface area contributed by atoms with Crippen molar-refractivity contribution in [3.05, 3.63) is 392 Å². The van der Waals surface area contributed by atoms with Crippen LogP contribution in [0.1, 0.15) is 288 Å². The minimum atomic E-state index is 0.0905. The van der Waals surface area contributed by atoms with E-state index in [2.05, 4.69) is 460 Å². The first kappa shape index (κ1) is 109. The first-order valence-corrected chi connectivity index (χ1v) is 55.1. The van der Waals surface area contributed by atoms with Crippen molar-refractivity contribution in [3.63, 3.8) is 0 Å². The topological polar surface area (TPSA) is 121 Å². The van der Waals surface area contributed by atoms with Crippen molar-refractivity contribution >= 4 is 21.8 Å². The van der Waals surface area contributed by atoms with Crippen LogP contribution < -0.4 is 0 Å². The fourth-order valence-corrected chi connectivity index (χ4v) is 19.5. The largest absolute Gasteiger partial charge is 0.309 e. The summed E-state index contributed by atoms with van der Waals surface area (Å²) in [7, 11) is 0. The Kier molecular flexibility index (Phi) is 37.2. The Morgan fingerprint density at radius 3 is 0.718 bits per heavy atom. The molecule has 0 N–H and O–H groups in total. The van der Waals surface area contributed by atoms with Gasteiger partial charge in [0.15, 0.2) is 52.4 Å². The quantitative estimate of drug-likeness (QED) is 0.0370. The van der Waals surface area contributed by atoms with Crippen LogP contribution in [0.5, 0.6) is 0 Å². The lowest BCUT2D eigenvalue weighted by atomic mass is 9.83. The maximum atomic E-state index is 5.03. The summed E-state index contributed by atoms with van der Waals surface area (Å²) >= 11 is 0. The van der Waals surface area contributed by atoms with Crippen LogP contribution in [-0.4, -0.2) is 49.4 Å². The number of benzene rings is 14. The Labute approximate surface area is 891 Å². The van der Waals surface area contributed by atoms with Crippen LogP contribution in [0, 0.1) is 69.2 Å². The average Bonchev–Trinajstić information content (AvgIpc) is 1.62. The molecule has 0 aliphatic carbocycles. The first-order valence-electron chi connectivity index (χ1n) is 55.1. The van der Waals surface area contributed by atoms with Crippen LogP contribution in [0.2, 0.25) is 0 Å². The predicted molar refractivity (Wildman–Crippen MR) is 635 cm³/mol. The van der Waals surface area contributed by atoms with E-state index in [1.807, 2.05) is 0 Å². The molecule has 0 bridgehead atoms. The highest BCUT2D eigenvalue weighted by molar-refractivity contribution is 6.10. The molecule has 18 aromatic rings. The minimum Gasteiger partial charge on any atom is -0.309 e. The Bertz CT molecular complexity index is 7080. The highest BCUT2D eigenvalue weighted by atomic mass is 15.1. The molecule has 18 rings (SSSR count). The van der Waals surface area contributed by atoms with Crippen molar-refractivity contribution in [3.8, 4) is 130 Å². The number of rotatable bonds is 33. The Morgan fingerprint density at radius 2 is 0.430 bits per heavy atom. The molecule has 14 aromatic carbocycles. The number of aryl methyl sites for hydroxylation is 13. The van der Waals surface area contributed by atoms with Crippen molar-refractivity contribution in [2.24, 2.45) is 0 Å².